The summed E-state index contributed by atoms with van der Waals surface area (Å²) in [5.74, 6) is 1.95. The van der Waals surface area contributed by atoms with Crippen molar-refractivity contribution in [2.75, 3.05) is 12.9 Å². The molecule has 0 aliphatic rings. The van der Waals surface area contributed by atoms with Gasteiger partial charge < -0.3 is 15.6 Å². The van der Waals surface area contributed by atoms with E-state index in [4.69, 9.17) is 15.6 Å². The highest BCUT2D eigenvalue weighted by Gasteiger charge is 2.09. The van der Waals surface area contributed by atoms with Crippen LogP contribution in [0.2, 0.25) is 0 Å². The van der Waals surface area contributed by atoms with Gasteiger partial charge in [0.05, 0.1) is 7.11 Å². The predicted molar refractivity (Wildman–Crippen MR) is 78.6 cm³/mol. The largest absolute Gasteiger partial charge is 0.497 e. The molecule has 1 atom stereocenters. The molecule has 0 unspecified atom stereocenters. The molecule has 4 nitrogen and oxygen atoms in total. The lowest BCUT2D eigenvalue weighted by Crippen LogP contribution is -2.29. The number of thioether (sulfide) groups is 1. The van der Waals surface area contributed by atoms with Gasteiger partial charge in [-0.1, -0.05) is 18.6 Å². The summed E-state index contributed by atoms with van der Waals surface area (Å²) < 4.78 is 5.10. The third-order valence-electron chi connectivity index (χ3n) is 2.80. The summed E-state index contributed by atoms with van der Waals surface area (Å²) in [6.07, 6.45) is 2.42. The molecule has 0 heterocycles. The SMILES string of the molecule is COc1ccc(CSCCCC[C@H](N)C(=O)O)cc1. The number of carbonyl (C=O) groups is 1. The van der Waals surface area contributed by atoms with E-state index in [0.29, 0.717) is 6.42 Å². The van der Waals surface area contributed by atoms with E-state index in [2.05, 4.69) is 12.1 Å². The minimum absolute atomic E-state index is 0.554. The molecular formula is C14H21NO3S. The molecule has 0 amide bonds. The highest BCUT2D eigenvalue weighted by Crippen LogP contribution is 2.17. The molecule has 106 valence electrons. The highest BCUT2D eigenvalue weighted by molar-refractivity contribution is 7.98. The van der Waals surface area contributed by atoms with Crippen LogP contribution in [0.15, 0.2) is 24.3 Å². The van der Waals surface area contributed by atoms with Crippen LogP contribution in [0.25, 0.3) is 0 Å². The standard InChI is InChI=1S/C14H21NO3S/c1-18-12-7-5-11(6-8-12)10-19-9-3-2-4-13(15)14(16)17/h5-8,13H,2-4,9-10,15H2,1H3,(H,16,17)/t13-/m0/s1. The van der Waals surface area contributed by atoms with Crippen LogP contribution in [0, 0.1) is 0 Å². The second kappa shape index (κ2) is 8.82. The van der Waals surface area contributed by atoms with Gasteiger partial charge in [-0.2, -0.15) is 11.8 Å². The maximum atomic E-state index is 10.5. The van der Waals surface area contributed by atoms with Gasteiger partial charge in [-0.25, -0.2) is 0 Å². The number of aliphatic carboxylic acids is 1. The number of hydrogen-bond acceptors (Lipinski definition) is 4. The Hall–Kier alpha value is -1.20. The molecule has 0 aliphatic carbocycles. The smallest absolute Gasteiger partial charge is 0.320 e. The minimum atomic E-state index is -0.911. The van der Waals surface area contributed by atoms with Crippen molar-refractivity contribution in [2.24, 2.45) is 5.73 Å². The van der Waals surface area contributed by atoms with Crippen LogP contribution in [0.1, 0.15) is 24.8 Å². The molecule has 1 aromatic carbocycles. The zero-order valence-electron chi connectivity index (χ0n) is 11.2. The van der Waals surface area contributed by atoms with Crippen LogP contribution in [-0.2, 0) is 10.5 Å². The number of hydrogen-bond donors (Lipinski definition) is 2. The molecule has 0 fully saturated rings. The molecule has 1 rings (SSSR count). The van der Waals surface area contributed by atoms with Gasteiger partial charge >= 0.3 is 5.97 Å². The van der Waals surface area contributed by atoms with E-state index in [1.807, 2.05) is 23.9 Å². The molecule has 0 spiro atoms. The first-order valence-corrected chi connectivity index (χ1v) is 7.48. The lowest BCUT2D eigenvalue weighted by atomic mass is 10.1. The minimum Gasteiger partial charge on any atom is -0.497 e. The summed E-state index contributed by atoms with van der Waals surface area (Å²) in [6.45, 7) is 0. The van der Waals surface area contributed by atoms with Gasteiger partial charge in [-0.3, -0.25) is 4.79 Å². The van der Waals surface area contributed by atoms with Crippen LogP contribution in [0.5, 0.6) is 5.75 Å². The Balaban J connectivity index is 2.08. The maximum Gasteiger partial charge on any atom is 0.320 e. The Bertz CT molecular complexity index is 381. The molecule has 0 saturated carbocycles. The lowest BCUT2D eigenvalue weighted by molar-refractivity contribution is -0.138. The van der Waals surface area contributed by atoms with Gasteiger partial charge in [0.15, 0.2) is 0 Å². The highest BCUT2D eigenvalue weighted by atomic mass is 32.2. The van der Waals surface area contributed by atoms with E-state index in [9.17, 15) is 4.79 Å². The summed E-state index contributed by atoms with van der Waals surface area (Å²) in [7, 11) is 1.66. The second-order valence-electron chi connectivity index (χ2n) is 4.34. The average molecular weight is 283 g/mol. The van der Waals surface area contributed by atoms with Gasteiger partial charge in [-0.05, 0) is 36.3 Å². The molecule has 0 aromatic heterocycles. The van der Waals surface area contributed by atoms with Crippen molar-refractivity contribution in [1.29, 1.82) is 0 Å². The molecule has 0 bridgehead atoms. The Kier molecular flexibility index (Phi) is 7.36. The molecule has 0 radical (unpaired) electrons. The number of nitrogens with two attached hydrogens (primary N) is 1. The van der Waals surface area contributed by atoms with Gasteiger partial charge in [0.25, 0.3) is 0 Å². The molecule has 5 heteroatoms. The summed E-state index contributed by atoms with van der Waals surface area (Å²) in [5.41, 5.74) is 6.70. The third-order valence-corrected chi connectivity index (χ3v) is 3.91. The van der Waals surface area contributed by atoms with Crippen molar-refractivity contribution >= 4 is 17.7 Å². The quantitative estimate of drug-likeness (QED) is 0.681. The molecule has 1 aromatic rings. The monoisotopic (exact) mass is 283 g/mol. The summed E-state index contributed by atoms with van der Waals surface area (Å²) in [6, 6.07) is 7.33. The number of benzene rings is 1. The van der Waals surface area contributed by atoms with Crippen molar-refractivity contribution < 1.29 is 14.6 Å². The number of methoxy groups -OCH3 is 1. The average Bonchev–Trinajstić information content (AvgIpc) is 2.42. The molecule has 0 saturated heterocycles. The maximum absolute atomic E-state index is 10.5. The van der Waals surface area contributed by atoms with Crippen LogP contribution in [0.4, 0.5) is 0 Å². The zero-order valence-corrected chi connectivity index (χ0v) is 12.0. The molecule has 3 N–H and O–H groups in total. The Morgan fingerprint density at radius 3 is 2.63 bits per heavy atom. The number of carboxylic acids is 1. The molecule has 0 aliphatic heterocycles. The van der Waals surface area contributed by atoms with Crippen molar-refractivity contribution in [2.45, 2.75) is 31.1 Å². The van der Waals surface area contributed by atoms with Crippen molar-refractivity contribution in [1.82, 2.24) is 0 Å². The van der Waals surface area contributed by atoms with E-state index >= 15 is 0 Å². The van der Waals surface area contributed by atoms with Crippen molar-refractivity contribution in [3.8, 4) is 5.75 Å². The first kappa shape index (κ1) is 15.9. The number of ether oxygens (including phenoxy) is 1. The van der Waals surface area contributed by atoms with E-state index in [0.717, 1.165) is 30.1 Å². The third kappa shape index (κ3) is 6.50. The number of unbranched alkanes of at least 4 members (excludes halogenated alkanes) is 1. The topological polar surface area (TPSA) is 72.5 Å². The van der Waals surface area contributed by atoms with E-state index in [1.165, 1.54) is 5.56 Å². The second-order valence-corrected chi connectivity index (χ2v) is 5.45. The fourth-order valence-corrected chi connectivity index (χ4v) is 2.58. The van der Waals surface area contributed by atoms with Gasteiger partial charge in [0.2, 0.25) is 0 Å². The first-order chi connectivity index (χ1) is 9.13. The van der Waals surface area contributed by atoms with E-state index in [1.54, 1.807) is 7.11 Å². The van der Waals surface area contributed by atoms with Crippen molar-refractivity contribution in [3.05, 3.63) is 29.8 Å². The first-order valence-electron chi connectivity index (χ1n) is 6.32. The molecule has 19 heavy (non-hydrogen) atoms. The van der Waals surface area contributed by atoms with Gasteiger partial charge in [0.1, 0.15) is 11.8 Å². The Labute approximate surface area is 118 Å². The molecular weight excluding hydrogens is 262 g/mol. The van der Waals surface area contributed by atoms with Crippen LogP contribution < -0.4 is 10.5 Å². The Morgan fingerprint density at radius 1 is 1.37 bits per heavy atom. The normalized spacial score (nSPS) is 12.1. The van der Waals surface area contributed by atoms with Crippen LogP contribution >= 0.6 is 11.8 Å². The van der Waals surface area contributed by atoms with E-state index < -0.39 is 12.0 Å². The number of carboxylic acid groups (broad SMARTS) is 1. The lowest BCUT2D eigenvalue weighted by Gasteiger charge is -2.06. The number of rotatable bonds is 9. The summed E-state index contributed by atoms with van der Waals surface area (Å²) >= 11 is 1.85. The summed E-state index contributed by atoms with van der Waals surface area (Å²) in [5, 5.41) is 8.64. The predicted octanol–water partition coefficient (Wildman–Crippen LogP) is 2.51. The zero-order chi connectivity index (χ0) is 14.1. The van der Waals surface area contributed by atoms with Crippen LogP contribution in [0.3, 0.4) is 0 Å². The van der Waals surface area contributed by atoms with Crippen molar-refractivity contribution in [3.63, 3.8) is 0 Å². The van der Waals surface area contributed by atoms with Gasteiger partial charge in [0, 0.05) is 5.75 Å². The fourth-order valence-electron chi connectivity index (χ4n) is 1.60. The van der Waals surface area contributed by atoms with E-state index in [-0.39, 0.29) is 0 Å². The Morgan fingerprint density at radius 2 is 2.05 bits per heavy atom. The summed E-state index contributed by atoms with van der Waals surface area (Å²) in [4.78, 5) is 10.5. The fraction of sp³-hybridized carbons (Fsp3) is 0.500. The van der Waals surface area contributed by atoms with Gasteiger partial charge in [-0.15, -0.1) is 0 Å². The van der Waals surface area contributed by atoms with Crippen LogP contribution in [-0.4, -0.2) is 30.0 Å².